The molecule has 0 amide bonds. The van der Waals surface area contributed by atoms with Crippen molar-refractivity contribution in [3.05, 3.63) is 0 Å². The van der Waals surface area contributed by atoms with Crippen molar-refractivity contribution >= 4 is 11.9 Å². The van der Waals surface area contributed by atoms with Crippen LogP contribution in [0.15, 0.2) is 0 Å². The molecular weight excluding hydrogens is 264 g/mol. The van der Waals surface area contributed by atoms with E-state index in [1.54, 1.807) is 0 Å². The van der Waals surface area contributed by atoms with Crippen LogP contribution in [0.5, 0.6) is 0 Å². The SMILES string of the molecule is CCCCCCC(=O)OCCOCCOCCC(=O)O. The highest BCUT2D eigenvalue weighted by Crippen LogP contribution is 2.03. The number of ether oxygens (including phenoxy) is 3. The van der Waals surface area contributed by atoms with E-state index in [9.17, 15) is 9.59 Å². The first-order valence-corrected chi connectivity index (χ1v) is 7.19. The maximum atomic E-state index is 11.3. The molecule has 0 saturated heterocycles. The van der Waals surface area contributed by atoms with Crippen LogP contribution < -0.4 is 0 Å². The van der Waals surface area contributed by atoms with Crippen LogP contribution in [0.25, 0.3) is 0 Å². The van der Waals surface area contributed by atoms with Gasteiger partial charge in [0, 0.05) is 6.42 Å². The predicted molar refractivity (Wildman–Crippen MR) is 73.6 cm³/mol. The van der Waals surface area contributed by atoms with Crippen molar-refractivity contribution in [1.82, 2.24) is 0 Å². The number of carbonyl (C=O) groups excluding carboxylic acids is 1. The minimum absolute atomic E-state index is 0.00432. The summed E-state index contributed by atoms with van der Waals surface area (Å²) in [6.45, 7) is 3.61. The Morgan fingerprint density at radius 3 is 2.15 bits per heavy atom. The van der Waals surface area contributed by atoms with Gasteiger partial charge in [-0.2, -0.15) is 0 Å². The third-order valence-corrected chi connectivity index (χ3v) is 2.56. The van der Waals surface area contributed by atoms with Crippen molar-refractivity contribution in [2.75, 3.05) is 33.0 Å². The van der Waals surface area contributed by atoms with Crippen LogP contribution >= 0.6 is 0 Å². The van der Waals surface area contributed by atoms with Gasteiger partial charge in [-0.05, 0) is 6.42 Å². The van der Waals surface area contributed by atoms with Crippen molar-refractivity contribution in [2.24, 2.45) is 0 Å². The van der Waals surface area contributed by atoms with E-state index in [1.807, 2.05) is 0 Å². The standard InChI is InChI=1S/C14H26O6/c1-2-3-4-5-6-14(17)20-12-11-19-10-9-18-8-7-13(15)16/h2-12H2,1H3,(H,15,16). The Bertz CT molecular complexity index is 254. The molecule has 0 aromatic carbocycles. The summed E-state index contributed by atoms with van der Waals surface area (Å²) < 4.78 is 15.2. The summed E-state index contributed by atoms with van der Waals surface area (Å²) in [5, 5.41) is 8.37. The molecule has 0 radical (unpaired) electrons. The van der Waals surface area contributed by atoms with Crippen LogP contribution in [0.1, 0.15) is 45.4 Å². The van der Waals surface area contributed by atoms with E-state index in [-0.39, 0.29) is 25.6 Å². The van der Waals surface area contributed by atoms with Gasteiger partial charge in [0.1, 0.15) is 6.61 Å². The fourth-order valence-electron chi connectivity index (χ4n) is 1.46. The molecule has 0 rings (SSSR count). The van der Waals surface area contributed by atoms with Gasteiger partial charge in [-0.25, -0.2) is 0 Å². The van der Waals surface area contributed by atoms with Gasteiger partial charge < -0.3 is 19.3 Å². The first-order chi connectivity index (χ1) is 9.66. The van der Waals surface area contributed by atoms with E-state index in [1.165, 1.54) is 0 Å². The molecule has 0 unspecified atom stereocenters. The molecular formula is C14H26O6. The Kier molecular flexibility index (Phi) is 13.5. The van der Waals surface area contributed by atoms with E-state index in [4.69, 9.17) is 19.3 Å². The van der Waals surface area contributed by atoms with Crippen LogP contribution in [0.3, 0.4) is 0 Å². The van der Waals surface area contributed by atoms with Crippen molar-refractivity contribution in [3.8, 4) is 0 Å². The summed E-state index contributed by atoms with van der Waals surface area (Å²) >= 11 is 0. The Labute approximate surface area is 120 Å². The number of carboxylic acids is 1. The molecule has 0 aromatic rings. The fourth-order valence-corrected chi connectivity index (χ4v) is 1.46. The van der Waals surface area contributed by atoms with Gasteiger partial charge in [0.15, 0.2) is 0 Å². The second-order valence-electron chi connectivity index (χ2n) is 4.40. The number of carbonyl (C=O) groups is 2. The fraction of sp³-hybridized carbons (Fsp3) is 0.857. The monoisotopic (exact) mass is 290 g/mol. The highest BCUT2D eigenvalue weighted by Gasteiger charge is 2.02. The van der Waals surface area contributed by atoms with Gasteiger partial charge in [-0.1, -0.05) is 26.2 Å². The number of unbranched alkanes of at least 4 members (excludes halogenated alkanes) is 3. The Hall–Kier alpha value is -1.14. The normalized spacial score (nSPS) is 10.4. The maximum absolute atomic E-state index is 11.3. The molecule has 1 N–H and O–H groups in total. The number of carboxylic acid groups (broad SMARTS) is 1. The molecule has 0 spiro atoms. The van der Waals surface area contributed by atoms with Crippen LogP contribution in [-0.4, -0.2) is 50.1 Å². The van der Waals surface area contributed by atoms with Crippen molar-refractivity contribution in [2.45, 2.75) is 45.4 Å². The average Bonchev–Trinajstić information content (AvgIpc) is 2.41. The zero-order valence-electron chi connectivity index (χ0n) is 12.3. The summed E-state index contributed by atoms with van der Waals surface area (Å²) in [7, 11) is 0. The zero-order chi connectivity index (χ0) is 15.1. The molecule has 0 aliphatic carbocycles. The zero-order valence-corrected chi connectivity index (χ0v) is 12.3. The summed E-state index contributed by atoms with van der Waals surface area (Å²) in [5.41, 5.74) is 0. The lowest BCUT2D eigenvalue weighted by molar-refractivity contribution is -0.145. The molecule has 0 atom stereocenters. The number of hydrogen-bond donors (Lipinski definition) is 1. The lowest BCUT2D eigenvalue weighted by Gasteiger charge is -2.06. The molecule has 0 saturated carbocycles. The van der Waals surface area contributed by atoms with Crippen LogP contribution in [-0.2, 0) is 23.8 Å². The molecule has 0 aliphatic rings. The highest BCUT2D eigenvalue weighted by molar-refractivity contribution is 5.69. The van der Waals surface area contributed by atoms with E-state index in [0.717, 1.165) is 25.7 Å². The topological polar surface area (TPSA) is 82.1 Å². The van der Waals surface area contributed by atoms with E-state index in [0.29, 0.717) is 26.2 Å². The molecule has 0 fully saturated rings. The van der Waals surface area contributed by atoms with Crippen molar-refractivity contribution in [1.29, 1.82) is 0 Å². The van der Waals surface area contributed by atoms with E-state index in [2.05, 4.69) is 6.92 Å². The van der Waals surface area contributed by atoms with E-state index < -0.39 is 5.97 Å². The Morgan fingerprint density at radius 2 is 1.50 bits per heavy atom. The summed E-state index contributed by atoms with van der Waals surface area (Å²) in [6, 6.07) is 0. The minimum Gasteiger partial charge on any atom is -0.481 e. The second-order valence-corrected chi connectivity index (χ2v) is 4.40. The first kappa shape index (κ1) is 18.9. The highest BCUT2D eigenvalue weighted by atomic mass is 16.6. The summed E-state index contributed by atoms with van der Waals surface area (Å²) in [4.78, 5) is 21.5. The van der Waals surface area contributed by atoms with Gasteiger partial charge in [0.05, 0.1) is 32.8 Å². The molecule has 6 heteroatoms. The molecule has 0 bridgehead atoms. The maximum Gasteiger partial charge on any atom is 0.305 e. The third kappa shape index (κ3) is 14.9. The predicted octanol–water partition coefficient (Wildman–Crippen LogP) is 2.01. The van der Waals surface area contributed by atoms with Crippen LogP contribution in [0, 0.1) is 0 Å². The van der Waals surface area contributed by atoms with Crippen LogP contribution in [0.4, 0.5) is 0 Å². The second kappa shape index (κ2) is 14.3. The molecule has 0 heterocycles. The smallest absolute Gasteiger partial charge is 0.305 e. The van der Waals surface area contributed by atoms with Gasteiger partial charge in [-0.15, -0.1) is 0 Å². The minimum atomic E-state index is -0.878. The summed E-state index contributed by atoms with van der Waals surface area (Å²) in [6.07, 6.45) is 4.71. The third-order valence-electron chi connectivity index (χ3n) is 2.56. The number of aliphatic carboxylic acids is 1. The average molecular weight is 290 g/mol. The first-order valence-electron chi connectivity index (χ1n) is 7.19. The van der Waals surface area contributed by atoms with Gasteiger partial charge >= 0.3 is 11.9 Å². The van der Waals surface area contributed by atoms with Crippen molar-refractivity contribution < 1.29 is 28.9 Å². The number of rotatable bonds is 14. The van der Waals surface area contributed by atoms with Gasteiger partial charge in [-0.3, -0.25) is 9.59 Å². The molecule has 0 aromatic heterocycles. The lowest BCUT2D eigenvalue weighted by Crippen LogP contribution is -2.13. The van der Waals surface area contributed by atoms with E-state index >= 15 is 0 Å². The molecule has 0 aliphatic heterocycles. The Morgan fingerprint density at radius 1 is 0.850 bits per heavy atom. The molecule has 6 nitrogen and oxygen atoms in total. The molecule has 118 valence electrons. The van der Waals surface area contributed by atoms with Gasteiger partial charge in [0.25, 0.3) is 0 Å². The molecule has 20 heavy (non-hydrogen) atoms. The lowest BCUT2D eigenvalue weighted by atomic mass is 10.2. The quantitative estimate of drug-likeness (QED) is 0.389. The summed E-state index contributed by atoms with van der Waals surface area (Å²) in [5.74, 6) is -1.06. The number of hydrogen-bond acceptors (Lipinski definition) is 5. The van der Waals surface area contributed by atoms with Crippen LogP contribution in [0.2, 0.25) is 0 Å². The number of esters is 1. The van der Waals surface area contributed by atoms with Crippen molar-refractivity contribution in [3.63, 3.8) is 0 Å². The van der Waals surface area contributed by atoms with Gasteiger partial charge in [0.2, 0.25) is 0 Å². The Balaban J connectivity index is 3.15. The largest absolute Gasteiger partial charge is 0.481 e.